The third kappa shape index (κ3) is 4.03. The number of aliphatic carboxylic acids is 1. The van der Waals surface area contributed by atoms with Crippen LogP contribution in [0.2, 0.25) is 0 Å². The molecule has 1 unspecified atom stereocenters. The zero-order valence-electron chi connectivity index (χ0n) is 19.5. The number of aromatic nitrogens is 2. The molecule has 0 radical (unpaired) electrons. The van der Waals surface area contributed by atoms with Crippen molar-refractivity contribution in [1.82, 2.24) is 14.7 Å². The van der Waals surface area contributed by atoms with E-state index in [1.165, 1.54) is 15.6 Å². The molecule has 9 nitrogen and oxygen atoms in total. The molecular weight excluding hydrogens is 448 g/mol. The van der Waals surface area contributed by atoms with Crippen LogP contribution in [0.25, 0.3) is 11.1 Å². The second-order valence-electron chi connectivity index (χ2n) is 9.33. The van der Waals surface area contributed by atoms with Crippen LogP contribution in [0.4, 0.5) is 10.6 Å². The number of amides is 2. The molecule has 2 heterocycles. The van der Waals surface area contributed by atoms with Crippen LogP contribution in [0.3, 0.4) is 0 Å². The first kappa shape index (κ1) is 22.6. The Hall–Kier alpha value is -4.14. The van der Waals surface area contributed by atoms with E-state index < -0.39 is 17.5 Å². The highest BCUT2D eigenvalue weighted by molar-refractivity contribution is 5.95. The van der Waals surface area contributed by atoms with Crippen LogP contribution >= 0.6 is 0 Å². The molecule has 180 valence electrons. The summed E-state index contributed by atoms with van der Waals surface area (Å²) in [5, 5.41) is 16.2. The van der Waals surface area contributed by atoms with Gasteiger partial charge in [0.25, 0.3) is 5.91 Å². The Morgan fingerprint density at radius 3 is 2.34 bits per heavy atom. The van der Waals surface area contributed by atoms with Crippen LogP contribution in [-0.2, 0) is 16.6 Å². The molecule has 0 saturated carbocycles. The van der Waals surface area contributed by atoms with Gasteiger partial charge in [-0.2, -0.15) is 5.10 Å². The van der Waals surface area contributed by atoms with Crippen molar-refractivity contribution in [3.8, 4) is 11.1 Å². The van der Waals surface area contributed by atoms with Crippen molar-refractivity contribution in [3.05, 3.63) is 71.4 Å². The molecule has 1 aromatic heterocycles. The minimum Gasteiger partial charge on any atom is -0.481 e. The van der Waals surface area contributed by atoms with Crippen LogP contribution in [0.5, 0.6) is 0 Å². The average molecular weight is 475 g/mol. The fraction of sp³-hybridized carbons (Fsp3) is 0.308. The largest absolute Gasteiger partial charge is 0.481 e. The molecule has 2 N–H and O–H groups in total. The van der Waals surface area contributed by atoms with Crippen molar-refractivity contribution in [3.63, 3.8) is 0 Å². The second kappa shape index (κ2) is 8.57. The Bertz CT molecular complexity index is 1290. The van der Waals surface area contributed by atoms with Gasteiger partial charge in [-0.1, -0.05) is 48.5 Å². The number of aryl methyl sites for hydroxylation is 1. The van der Waals surface area contributed by atoms with Crippen LogP contribution in [0.1, 0.15) is 40.9 Å². The van der Waals surface area contributed by atoms with Gasteiger partial charge >= 0.3 is 12.1 Å². The maximum atomic E-state index is 12.9. The molecule has 9 heteroatoms. The zero-order valence-corrected chi connectivity index (χ0v) is 19.5. The fourth-order valence-corrected chi connectivity index (χ4v) is 4.94. The van der Waals surface area contributed by atoms with E-state index in [2.05, 4.69) is 22.5 Å². The summed E-state index contributed by atoms with van der Waals surface area (Å²) in [6.07, 6.45) is -0.278. The highest BCUT2D eigenvalue weighted by Crippen LogP contribution is 2.44. The Morgan fingerprint density at radius 2 is 1.74 bits per heavy atom. The lowest BCUT2D eigenvalue weighted by molar-refractivity contribution is -0.147. The summed E-state index contributed by atoms with van der Waals surface area (Å²) in [5.41, 5.74) is 3.82. The predicted octanol–water partition coefficient (Wildman–Crippen LogP) is 3.72. The molecule has 1 aliphatic carbocycles. The number of hydrogen-bond donors (Lipinski definition) is 2. The first-order valence-electron chi connectivity index (χ1n) is 11.5. The molecule has 1 saturated heterocycles. The van der Waals surface area contributed by atoms with E-state index in [-0.39, 0.29) is 36.5 Å². The number of carbonyl (C=O) groups excluding carboxylic acids is 2. The first-order valence-corrected chi connectivity index (χ1v) is 11.5. The van der Waals surface area contributed by atoms with E-state index in [0.29, 0.717) is 13.0 Å². The summed E-state index contributed by atoms with van der Waals surface area (Å²) in [6, 6.07) is 17.6. The van der Waals surface area contributed by atoms with Crippen molar-refractivity contribution in [2.75, 3.05) is 25.0 Å². The summed E-state index contributed by atoms with van der Waals surface area (Å²) in [5.74, 6) is -1.12. The van der Waals surface area contributed by atoms with E-state index in [0.717, 1.165) is 22.3 Å². The minimum absolute atomic E-state index is 0.0623. The zero-order chi connectivity index (χ0) is 24.7. The molecular formula is C26H26N4O5. The van der Waals surface area contributed by atoms with Crippen molar-refractivity contribution in [2.45, 2.75) is 19.3 Å². The van der Waals surface area contributed by atoms with Gasteiger partial charge in [-0.3, -0.25) is 19.6 Å². The van der Waals surface area contributed by atoms with Gasteiger partial charge in [-0.05, 0) is 35.6 Å². The molecule has 1 fully saturated rings. The summed E-state index contributed by atoms with van der Waals surface area (Å²) in [7, 11) is 1.60. The Morgan fingerprint density at radius 1 is 1.11 bits per heavy atom. The summed E-state index contributed by atoms with van der Waals surface area (Å²) >= 11 is 0. The molecule has 1 aliphatic heterocycles. The Balaban J connectivity index is 1.24. The molecule has 5 rings (SSSR count). The topological polar surface area (TPSA) is 114 Å². The van der Waals surface area contributed by atoms with Crippen LogP contribution in [0, 0.1) is 5.41 Å². The number of carboxylic acids is 1. The molecule has 2 amide bonds. The number of hydrogen-bond acceptors (Lipinski definition) is 5. The van der Waals surface area contributed by atoms with E-state index in [4.69, 9.17) is 4.74 Å². The number of carbonyl (C=O) groups is 3. The lowest BCUT2D eigenvalue weighted by Crippen LogP contribution is -2.35. The summed E-state index contributed by atoms with van der Waals surface area (Å²) < 4.78 is 6.92. The SMILES string of the molecule is Cn1nc(NC(=O)OCC2c3ccccc3-c3ccccc32)cc1C(=O)N1CCC(C)(C(=O)O)C1. The minimum atomic E-state index is -0.962. The van der Waals surface area contributed by atoms with Gasteiger partial charge < -0.3 is 14.7 Å². The molecule has 35 heavy (non-hydrogen) atoms. The highest BCUT2D eigenvalue weighted by Gasteiger charge is 2.42. The molecule has 2 aromatic carbocycles. The third-order valence-electron chi connectivity index (χ3n) is 6.95. The van der Waals surface area contributed by atoms with E-state index in [1.54, 1.807) is 14.0 Å². The van der Waals surface area contributed by atoms with E-state index >= 15 is 0 Å². The lowest BCUT2D eigenvalue weighted by atomic mass is 9.90. The van der Waals surface area contributed by atoms with Crippen LogP contribution in [0.15, 0.2) is 54.6 Å². The maximum Gasteiger partial charge on any atom is 0.412 e. The van der Waals surface area contributed by atoms with Crippen molar-refractivity contribution >= 4 is 23.8 Å². The Labute approximate surface area is 202 Å². The van der Waals surface area contributed by atoms with Gasteiger partial charge in [0, 0.05) is 32.1 Å². The van der Waals surface area contributed by atoms with Gasteiger partial charge in [-0.15, -0.1) is 0 Å². The van der Waals surface area contributed by atoms with Crippen LogP contribution < -0.4 is 5.32 Å². The van der Waals surface area contributed by atoms with Gasteiger partial charge in [0.1, 0.15) is 12.3 Å². The van der Waals surface area contributed by atoms with Gasteiger partial charge in [-0.25, -0.2) is 4.79 Å². The number of carboxylic acid groups (broad SMARTS) is 1. The smallest absolute Gasteiger partial charge is 0.412 e. The fourth-order valence-electron chi connectivity index (χ4n) is 4.94. The second-order valence-corrected chi connectivity index (χ2v) is 9.33. The predicted molar refractivity (Wildman–Crippen MR) is 128 cm³/mol. The third-order valence-corrected chi connectivity index (χ3v) is 6.95. The van der Waals surface area contributed by atoms with Gasteiger partial charge in [0.05, 0.1) is 5.41 Å². The normalized spacial score (nSPS) is 18.7. The molecule has 1 atom stereocenters. The van der Waals surface area contributed by atoms with Crippen molar-refractivity contribution in [1.29, 1.82) is 0 Å². The Kier molecular flexibility index (Phi) is 5.55. The number of nitrogens with one attached hydrogen (secondary N) is 1. The standard InChI is InChI=1S/C26H26N4O5/c1-26(24(32)33)11-12-30(15-26)23(31)21-13-22(28-29(21)2)27-25(34)35-14-20-18-9-5-3-7-16(18)17-8-4-6-10-19(17)20/h3-10,13,20H,11-12,14-15H2,1-2H3,(H,32,33)(H,27,28,34). The number of fused-ring (bicyclic) bond motifs is 3. The molecule has 0 bridgehead atoms. The molecule has 0 spiro atoms. The average Bonchev–Trinajstić information content (AvgIpc) is 3.51. The van der Waals surface area contributed by atoms with Crippen LogP contribution in [-0.4, -0.2) is 57.5 Å². The summed E-state index contributed by atoms with van der Waals surface area (Å²) in [4.78, 5) is 38.5. The number of likely N-dealkylation sites (tertiary alicyclic amines) is 1. The maximum absolute atomic E-state index is 12.9. The van der Waals surface area contributed by atoms with Gasteiger partial charge in [0.15, 0.2) is 5.82 Å². The quantitative estimate of drug-likeness (QED) is 0.583. The number of rotatable bonds is 5. The monoisotopic (exact) mass is 474 g/mol. The molecule has 3 aromatic rings. The van der Waals surface area contributed by atoms with E-state index in [9.17, 15) is 19.5 Å². The number of benzene rings is 2. The van der Waals surface area contributed by atoms with Crippen molar-refractivity contribution < 1.29 is 24.2 Å². The van der Waals surface area contributed by atoms with Gasteiger partial charge in [0.2, 0.25) is 0 Å². The number of anilines is 1. The summed E-state index contributed by atoms with van der Waals surface area (Å²) in [6.45, 7) is 2.28. The van der Waals surface area contributed by atoms with E-state index in [1.807, 2.05) is 36.4 Å². The number of ether oxygens (including phenoxy) is 1. The first-order chi connectivity index (χ1) is 16.8. The molecule has 2 aliphatic rings. The number of nitrogens with zero attached hydrogens (tertiary/aromatic N) is 3. The van der Waals surface area contributed by atoms with Crippen molar-refractivity contribution in [2.24, 2.45) is 12.5 Å². The lowest BCUT2D eigenvalue weighted by Gasteiger charge is -2.20. The highest BCUT2D eigenvalue weighted by atomic mass is 16.5.